The van der Waals surface area contributed by atoms with Gasteiger partial charge in [-0.2, -0.15) is 0 Å². The van der Waals surface area contributed by atoms with Crippen LogP contribution in [0.5, 0.6) is 0 Å². The van der Waals surface area contributed by atoms with E-state index >= 15 is 0 Å². The van der Waals surface area contributed by atoms with Crippen LogP contribution in [-0.4, -0.2) is 27.4 Å². The molecule has 3 N–H and O–H groups in total. The molecule has 2 aromatic heterocycles. The van der Waals surface area contributed by atoms with Gasteiger partial charge in [-0.3, -0.25) is 4.79 Å². The number of halogens is 1. The van der Waals surface area contributed by atoms with Crippen LogP contribution in [0.2, 0.25) is 5.02 Å². The second-order valence-corrected chi connectivity index (χ2v) is 6.58. The van der Waals surface area contributed by atoms with Gasteiger partial charge in [-0.25, -0.2) is 15.0 Å². The fraction of sp³-hybridized carbons (Fsp3) is 0.182. The molecule has 2 heterocycles. The predicted octanol–water partition coefficient (Wildman–Crippen LogP) is 3.49. The number of aryl methyl sites for hydroxylation is 1. The molecule has 0 radical (unpaired) electrons. The third kappa shape index (κ3) is 4.71. The van der Waals surface area contributed by atoms with Crippen molar-refractivity contribution < 1.29 is 4.79 Å². The number of hydrogen-bond donors (Lipinski definition) is 2. The quantitative estimate of drug-likeness (QED) is 0.648. The summed E-state index contributed by atoms with van der Waals surface area (Å²) in [7, 11) is 0. The number of nitrogens with two attached hydrogens (primary N) is 1. The van der Waals surface area contributed by atoms with E-state index in [2.05, 4.69) is 32.1 Å². The van der Waals surface area contributed by atoms with E-state index in [0.29, 0.717) is 40.6 Å². The minimum atomic E-state index is -0.232. The summed E-state index contributed by atoms with van der Waals surface area (Å²) >= 11 is 6.23. The molecule has 0 aliphatic carbocycles. The zero-order valence-corrected chi connectivity index (χ0v) is 16.9. The van der Waals surface area contributed by atoms with E-state index in [-0.39, 0.29) is 5.91 Å². The van der Waals surface area contributed by atoms with Crippen LogP contribution >= 0.6 is 11.6 Å². The summed E-state index contributed by atoms with van der Waals surface area (Å²) in [5, 5.41) is 3.15. The van der Waals surface area contributed by atoms with Crippen molar-refractivity contribution in [1.82, 2.24) is 20.3 Å². The molecule has 0 aliphatic heterocycles. The van der Waals surface area contributed by atoms with Gasteiger partial charge in [0.2, 0.25) is 0 Å². The summed E-state index contributed by atoms with van der Waals surface area (Å²) in [5.74, 6) is 6.46. The molecule has 1 aromatic carbocycles. The van der Waals surface area contributed by atoms with Gasteiger partial charge in [-0.1, -0.05) is 36.4 Å². The number of benzene rings is 1. The Morgan fingerprint density at radius 3 is 2.66 bits per heavy atom. The first-order valence-corrected chi connectivity index (χ1v) is 9.56. The van der Waals surface area contributed by atoms with Gasteiger partial charge in [0.15, 0.2) is 0 Å². The topological polar surface area (TPSA) is 93.8 Å². The Hall–Kier alpha value is -3.43. The fourth-order valence-corrected chi connectivity index (χ4v) is 2.96. The Labute approximate surface area is 174 Å². The van der Waals surface area contributed by atoms with E-state index < -0.39 is 0 Å². The van der Waals surface area contributed by atoms with Crippen molar-refractivity contribution in [3.63, 3.8) is 0 Å². The normalized spacial score (nSPS) is 10.2. The SMILES string of the molecule is CCNC(=O)c1cc(-c2ncnc(CC)c2C#Cc2ccc(N)nc2)ccc1Cl. The lowest BCUT2D eigenvalue weighted by molar-refractivity contribution is 0.0956. The molecule has 0 aliphatic rings. The smallest absolute Gasteiger partial charge is 0.252 e. The third-order valence-electron chi connectivity index (χ3n) is 4.20. The molecule has 0 saturated carbocycles. The molecule has 0 saturated heterocycles. The first-order valence-electron chi connectivity index (χ1n) is 9.19. The van der Waals surface area contributed by atoms with E-state index in [1.165, 1.54) is 6.33 Å². The Kier molecular flexibility index (Phi) is 6.43. The number of pyridine rings is 1. The van der Waals surface area contributed by atoms with Crippen LogP contribution in [0.15, 0.2) is 42.9 Å². The predicted molar refractivity (Wildman–Crippen MR) is 114 cm³/mol. The summed E-state index contributed by atoms with van der Waals surface area (Å²) in [6.07, 6.45) is 3.81. The molecule has 29 heavy (non-hydrogen) atoms. The van der Waals surface area contributed by atoms with E-state index in [1.54, 1.807) is 30.5 Å². The average Bonchev–Trinajstić information content (AvgIpc) is 2.73. The number of rotatable bonds is 4. The highest BCUT2D eigenvalue weighted by molar-refractivity contribution is 6.34. The van der Waals surface area contributed by atoms with Crippen LogP contribution in [-0.2, 0) is 6.42 Å². The lowest BCUT2D eigenvalue weighted by Gasteiger charge is -2.10. The van der Waals surface area contributed by atoms with Gasteiger partial charge in [-0.05, 0) is 37.6 Å². The molecule has 0 unspecified atom stereocenters. The molecule has 6 nitrogen and oxygen atoms in total. The largest absolute Gasteiger partial charge is 0.384 e. The number of hydrogen-bond acceptors (Lipinski definition) is 5. The van der Waals surface area contributed by atoms with Crippen molar-refractivity contribution in [3.8, 4) is 23.1 Å². The van der Waals surface area contributed by atoms with E-state index in [9.17, 15) is 4.79 Å². The number of nitrogen functional groups attached to an aromatic ring is 1. The summed E-state index contributed by atoms with van der Waals surface area (Å²) in [4.78, 5) is 25.2. The number of carbonyl (C=O) groups is 1. The lowest BCUT2D eigenvalue weighted by atomic mass is 10.0. The van der Waals surface area contributed by atoms with E-state index in [0.717, 1.165) is 16.8 Å². The van der Waals surface area contributed by atoms with E-state index in [4.69, 9.17) is 17.3 Å². The molecule has 0 spiro atoms. The molecule has 3 rings (SSSR count). The molecule has 3 aromatic rings. The number of amides is 1. The van der Waals surface area contributed by atoms with Crippen LogP contribution in [0.25, 0.3) is 11.3 Å². The zero-order chi connectivity index (χ0) is 20.8. The zero-order valence-electron chi connectivity index (χ0n) is 16.2. The second-order valence-electron chi connectivity index (χ2n) is 6.17. The van der Waals surface area contributed by atoms with Crippen LogP contribution in [0.4, 0.5) is 5.82 Å². The molecular formula is C22H20ClN5O. The third-order valence-corrected chi connectivity index (χ3v) is 4.53. The maximum absolute atomic E-state index is 12.3. The van der Waals surface area contributed by atoms with Gasteiger partial charge in [0.1, 0.15) is 12.1 Å². The van der Waals surface area contributed by atoms with Gasteiger partial charge < -0.3 is 11.1 Å². The molecular weight excluding hydrogens is 386 g/mol. The standard InChI is InChI=1S/C22H20ClN5O/c1-3-19-16(8-5-14-6-10-20(24)26-12-14)21(28-13-27-19)15-7-9-18(23)17(11-15)22(29)25-4-2/h6-7,9-13H,3-4H2,1-2H3,(H2,24,26)(H,25,29). The summed E-state index contributed by atoms with van der Waals surface area (Å²) in [5.41, 5.74) is 9.67. The van der Waals surface area contributed by atoms with Gasteiger partial charge >= 0.3 is 0 Å². The van der Waals surface area contributed by atoms with E-state index in [1.807, 2.05) is 19.9 Å². The first-order chi connectivity index (χ1) is 14.0. The van der Waals surface area contributed by atoms with Crippen LogP contribution in [0.1, 0.15) is 41.0 Å². The Bertz CT molecular complexity index is 1100. The molecule has 0 fully saturated rings. The number of nitrogens with zero attached hydrogens (tertiary/aromatic N) is 3. The van der Waals surface area contributed by atoms with Gasteiger partial charge in [0, 0.05) is 23.9 Å². The second kappa shape index (κ2) is 9.18. The molecule has 1 amide bonds. The Morgan fingerprint density at radius 2 is 1.97 bits per heavy atom. The monoisotopic (exact) mass is 405 g/mol. The number of nitrogens with one attached hydrogen (secondary N) is 1. The summed E-state index contributed by atoms with van der Waals surface area (Å²) < 4.78 is 0. The van der Waals surface area contributed by atoms with Crippen LogP contribution < -0.4 is 11.1 Å². The fourth-order valence-electron chi connectivity index (χ4n) is 2.76. The molecule has 146 valence electrons. The highest BCUT2D eigenvalue weighted by Crippen LogP contribution is 2.27. The maximum Gasteiger partial charge on any atom is 0.252 e. The van der Waals surface area contributed by atoms with Crippen molar-refractivity contribution in [3.05, 3.63) is 70.3 Å². The van der Waals surface area contributed by atoms with Crippen molar-refractivity contribution in [2.45, 2.75) is 20.3 Å². The first kappa shape index (κ1) is 20.3. The number of aromatic nitrogens is 3. The molecule has 0 bridgehead atoms. The summed E-state index contributed by atoms with van der Waals surface area (Å²) in [6, 6.07) is 8.75. The minimum absolute atomic E-state index is 0.232. The highest BCUT2D eigenvalue weighted by atomic mass is 35.5. The van der Waals surface area contributed by atoms with Gasteiger partial charge in [0.25, 0.3) is 5.91 Å². The maximum atomic E-state index is 12.3. The van der Waals surface area contributed by atoms with Crippen LogP contribution in [0, 0.1) is 11.8 Å². The van der Waals surface area contributed by atoms with Crippen molar-refractivity contribution in [2.75, 3.05) is 12.3 Å². The van der Waals surface area contributed by atoms with Gasteiger partial charge in [-0.15, -0.1) is 0 Å². The molecule has 0 atom stereocenters. The summed E-state index contributed by atoms with van der Waals surface area (Å²) in [6.45, 7) is 4.37. The number of carbonyl (C=O) groups excluding carboxylic acids is 1. The highest BCUT2D eigenvalue weighted by Gasteiger charge is 2.15. The lowest BCUT2D eigenvalue weighted by Crippen LogP contribution is -2.23. The Balaban J connectivity index is 2.11. The van der Waals surface area contributed by atoms with Gasteiger partial charge in [0.05, 0.1) is 27.5 Å². The number of anilines is 1. The van der Waals surface area contributed by atoms with Crippen LogP contribution in [0.3, 0.4) is 0 Å². The molecule has 7 heteroatoms. The Morgan fingerprint density at radius 1 is 1.14 bits per heavy atom. The minimum Gasteiger partial charge on any atom is -0.384 e. The van der Waals surface area contributed by atoms with Crippen molar-refractivity contribution >= 4 is 23.3 Å². The van der Waals surface area contributed by atoms with Crippen molar-refractivity contribution in [2.24, 2.45) is 0 Å². The average molecular weight is 406 g/mol. The van der Waals surface area contributed by atoms with Crippen molar-refractivity contribution in [1.29, 1.82) is 0 Å².